The fourth-order valence-corrected chi connectivity index (χ4v) is 3.29. The van der Waals surface area contributed by atoms with Crippen LogP contribution < -0.4 is 21.0 Å². The Kier molecular flexibility index (Phi) is 8.04. The molecule has 0 bridgehead atoms. The molecule has 10 nitrogen and oxygen atoms in total. The van der Waals surface area contributed by atoms with Crippen LogP contribution in [0.15, 0.2) is 64.6 Å². The van der Waals surface area contributed by atoms with Crippen molar-refractivity contribution in [2.24, 2.45) is 5.10 Å². The number of nitrogens with one attached hydrogen (secondary N) is 2. The maximum Gasteiger partial charge on any atom is 0.411 e. The van der Waals surface area contributed by atoms with E-state index in [1.165, 1.54) is 58.5 Å². The number of carboxylic acid groups (broad SMARTS) is 1. The van der Waals surface area contributed by atoms with Crippen molar-refractivity contribution in [2.45, 2.75) is 6.54 Å². The van der Waals surface area contributed by atoms with Gasteiger partial charge in [0.2, 0.25) is 5.71 Å². The fraction of sp³-hybridized carbons (Fsp3) is 0.0455. The van der Waals surface area contributed by atoms with E-state index in [9.17, 15) is 18.8 Å². The number of rotatable bonds is 7. The number of carbonyl (C=O) groups is 2. The molecule has 1 heterocycles. The molecule has 2 amide bonds. The van der Waals surface area contributed by atoms with Gasteiger partial charge in [0, 0.05) is 6.07 Å². The summed E-state index contributed by atoms with van der Waals surface area (Å²) in [5.41, 5.74) is 2.20. The number of aromatic nitrogens is 1. The lowest BCUT2D eigenvalue weighted by atomic mass is 10.2. The molecule has 0 fully saturated rings. The molecule has 0 aliphatic rings. The van der Waals surface area contributed by atoms with Crippen molar-refractivity contribution in [1.29, 1.82) is 5.26 Å². The van der Waals surface area contributed by atoms with Gasteiger partial charge in [-0.3, -0.25) is 20.3 Å². The van der Waals surface area contributed by atoms with Crippen LogP contribution in [-0.2, 0) is 11.3 Å². The Hall–Kier alpha value is -4.40. The molecular weight excluding hydrogens is 504 g/mol. The predicted octanol–water partition coefficient (Wildman–Crippen LogP) is 4.22. The normalized spacial score (nSPS) is 10.9. The van der Waals surface area contributed by atoms with Gasteiger partial charge >= 0.3 is 6.09 Å². The van der Waals surface area contributed by atoms with Gasteiger partial charge in [0.25, 0.3) is 11.5 Å². The minimum absolute atomic E-state index is 0.0278. The number of pyridine rings is 1. The molecule has 0 aliphatic carbocycles. The van der Waals surface area contributed by atoms with Crippen LogP contribution in [0.4, 0.5) is 14.9 Å². The standard InChI is InChI=1S/C22H14Cl2FN5O5/c23-16-7-14(28-29-18(9-26)21(32)27-22(33)34)8-17(24)20(16)35-15-5-6-19(31)30(11-15)10-12-1-3-13(25)4-2-12/h1-8,11,28H,10H2,(H,27,32)(H,33,34). The molecule has 35 heavy (non-hydrogen) atoms. The highest BCUT2D eigenvalue weighted by molar-refractivity contribution is 6.46. The summed E-state index contributed by atoms with van der Waals surface area (Å²) in [7, 11) is 0. The monoisotopic (exact) mass is 517 g/mol. The van der Waals surface area contributed by atoms with Gasteiger partial charge in [0.1, 0.15) is 17.6 Å². The van der Waals surface area contributed by atoms with Crippen LogP contribution in [0.5, 0.6) is 11.5 Å². The first-order valence-corrected chi connectivity index (χ1v) is 10.3. The van der Waals surface area contributed by atoms with Crippen molar-refractivity contribution < 1.29 is 23.8 Å². The van der Waals surface area contributed by atoms with Crippen molar-refractivity contribution in [3.63, 3.8) is 0 Å². The van der Waals surface area contributed by atoms with Gasteiger partial charge < -0.3 is 14.4 Å². The molecule has 0 spiro atoms. The summed E-state index contributed by atoms with van der Waals surface area (Å²) in [4.78, 5) is 34.3. The van der Waals surface area contributed by atoms with Crippen LogP contribution in [0, 0.1) is 17.1 Å². The molecule has 178 valence electrons. The van der Waals surface area contributed by atoms with E-state index in [-0.39, 0.29) is 39.3 Å². The first kappa shape index (κ1) is 25.2. The summed E-state index contributed by atoms with van der Waals surface area (Å²) >= 11 is 12.5. The highest BCUT2D eigenvalue weighted by Gasteiger charge is 2.15. The minimum Gasteiger partial charge on any atom is -0.465 e. The summed E-state index contributed by atoms with van der Waals surface area (Å²) in [6, 6.07) is 12.5. The van der Waals surface area contributed by atoms with Crippen LogP contribution >= 0.6 is 23.2 Å². The Morgan fingerprint density at radius 3 is 2.40 bits per heavy atom. The molecule has 3 N–H and O–H groups in total. The lowest BCUT2D eigenvalue weighted by Gasteiger charge is -2.13. The molecule has 0 saturated heterocycles. The number of amides is 2. The third kappa shape index (κ3) is 6.80. The molecule has 0 atom stereocenters. The van der Waals surface area contributed by atoms with Gasteiger partial charge in [-0.2, -0.15) is 10.4 Å². The van der Waals surface area contributed by atoms with Gasteiger partial charge in [-0.15, -0.1) is 0 Å². The van der Waals surface area contributed by atoms with E-state index in [1.54, 1.807) is 12.1 Å². The average Bonchev–Trinajstić information content (AvgIpc) is 2.79. The van der Waals surface area contributed by atoms with Crippen molar-refractivity contribution in [3.8, 4) is 17.6 Å². The zero-order chi connectivity index (χ0) is 25.5. The smallest absolute Gasteiger partial charge is 0.411 e. The first-order valence-electron chi connectivity index (χ1n) is 9.56. The number of ether oxygens (including phenoxy) is 1. The van der Waals surface area contributed by atoms with Crippen LogP contribution in [-0.4, -0.2) is 27.4 Å². The number of carbonyl (C=O) groups excluding carboxylic acids is 1. The lowest BCUT2D eigenvalue weighted by Crippen LogP contribution is -2.34. The molecule has 0 unspecified atom stereocenters. The van der Waals surface area contributed by atoms with Gasteiger partial charge in [-0.05, 0) is 35.9 Å². The molecular formula is C22H14Cl2FN5O5. The van der Waals surface area contributed by atoms with E-state index >= 15 is 0 Å². The summed E-state index contributed by atoms with van der Waals surface area (Å²) in [5, 5.41) is 22.6. The number of anilines is 1. The molecule has 3 rings (SSSR count). The average molecular weight is 518 g/mol. The fourth-order valence-electron chi connectivity index (χ4n) is 2.72. The number of halogens is 3. The van der Waals surface area contributed by atoms with Crippen molar-refractivity contribution in [3.05, 3.63) is 86.5 Å². The number of hydrogen-bond donors (Lipinski definition) is 3. The van der Waals surface area contributed by atoms with Crippen LogP contribution in [0.1, 0.15) is 5.56 Å². The van der Waals surface area contributed by atoms with Crippen LogP contribution in [0.25, 0.3) is 0 Å². The van der Waals surface area contributed by atoms with Gasteiger partial charge in [0.05, 0.1) is 28.5 Å². The topological polar surface area (TPSA) is 146 Å². The number of imide groups is 1. The van der Waals surface area contributed by atoms with E-state index in [0.29, 0.717) is 5.56 Å². The Balaban J connectivity index is 1.79. The summed E-state index contributed by atoms with van der Waals surface area (Å²) in [6.45, 7) is 0.176. The second-order valence-corrected chi connectivity index (χ2v) is 7.59. The summed E-state index contributed by atoms with van der Waals surface area (Å²) in [5.74, 6) is -1.32. The third-order valence-corrected chi connectivity index (χ3v) is 4.84. The van der Waals surface area contributed by atoms with Crippen molar-refractivity contribution in [1.82, 2.24) is 9.88 Å². The Labute approximate surface area is 206 Å². The molecule has 1 aromatic heterocycles. The molecule has 2 aromatic carbocycles. The van der Waals surface area contributed by atoms with Crippen molar-refractivity contribution in [2.75, 3.05) is 5.43 Å². The van der Waals surface area contributed by atoms with E-state index in [1.807, 2.05) is 0 Å². The highest BCUT2D eigenvalue weighted by atomic mass is 35.5. The molecule has 13 heteroatoms. The highest BCUT2D eigenvalue weighted by Crippen LogP contribution is 2.38. The second kappa shape index (κ2) is 11.1. The summed E-state index contributed by atoms with van der Waals surface area (Å²) < 4.78 is 20.2. The SMILES string of the molecule is N#CC(=NNc1cc(Cl)c(Oc2ccc(=O)n(Cc3ccc(F)cc3)c2)c(Cl)c1)C(=O)NC(=O)O. The van der Waals surface area contributed by atoms with Crippen LogP contribution in [0.2, 0.25) is 10.0 Å². The van der Waals surface area contributed by atoms with E-state index in [4.69, 9.17) is 38.3 Å². The van der Waals surface area contributed by atoms with Gasteiger partial charge in [0.15, 0.2) is 5.75 Å². The predicted molar refractivity (Wildman–Crippen MR) is 126 cm³/mol. The Morgan fingerprint density at radius 2 is 1.80 bits per heavy atom. The third-order valence-electron chi connectivity index (χ3n) is 4.28. The van der Waals surface area contributed by atoms with Crippen LogP contribution in [0.3, 0.4) is 0 Å². The number of benzene rings is 2. The van der Waals surface area contributed by atoms with E-state index in [2.05, 4.69) is 10.5 Å². The molecule has 0 saturated carbocycles. The lowest BCUT2D eigenvalue weighted by molar-refractivity contribution is -0.114. The zero-order valence-electron chi connectivity index (χ0n) is 17.5. The van der Waals surface area contributed by atoms with E-state index < -0.39 is 23.5 Å². The molecule has 0 radical (unpaired) electrons. The van der Waals surface area contributed by atoms with E-state index in [0.717, 1.165) is 0 Å². The van der Waals surface area contributed by atoms with Crippen molar-refractivity contribution >= 4 is 46.6 Å². The number of nitrogens with zero attached hydrogens (tertiary/aromatic N) is 3. The number of nitriles is 1. The summed E-state index contributed by atoms with van der Waals surface area (Å²) in [6.07, 6.45) is -0.204. The second-order valence-electron chi connectivity index (χ2n) is 6.77. The Morgan fingerprint density at radius 1 is 1.14 bits per heavy atom. The Bertz CT molecular complexity index is 1390. The molecule has 0 aliphatic heterocycles. The quantitative estimate of drug-likeness (QED) is 0.314. The maximum absolute atomic E-state index is 13.1. The minimum atomic E-state index is -1.64. The molecule has 3 aromatic rings. The van der Waals surface area contributed by atoms with Gasteiger partial charge in [-0.25, -0.2) is 9.18 Å². The largest absolute Gasteiger partial charge is 0.465 e. The van der Waals surface area contributed by atoms with Gasteiger partial charge in [-0.1, -0.05) is 35.3 Å². The first-order chi connectivity index (χ1) is 16.7. The number of hydrogen-bond acceptors (Lipinski definition) is 7. The number of hydrazone groups is 1. The maximum atomic E-state index is 13.1. The zero-order valence-corrected chi connectivity index (χ0v) is 19.0.